The molecule has 0 aliphatic rings. The average Bonchev–Trinajstić information content (AvgIpc) is 2.65. The predicted octanol–water partition coefficient (Wildman–Crippen LogP) is 6.63. The number of rotatable bonds is 8. The molecule has 2 nitrogen and oxygen atoms in total. The molecule has 0 aliphatic carbocycles. The van der Waals surface area contributed by atoms with Gasteiger partial charge in [0.2, 0.25) is 0 Å². The molecule has 0 aromatic heterocycles. The van der Waals surface area contributed by atoms with Crippen LogP contribution in [0.5, 0.6) is 5.75 Å². The van der Waals surface area contributed by atoms with Gasteiger partial charge in [-0.2, -0.15) is 0 Å². The fourth-order valence-corrected chi connectivity index (χ4v) is 3.20. The molecule has 3 aromatic rings. The van der Waals surface area contributed by atoms with Gasteiger partial charge in [0, 0.05) is 22.7 Å². The minimum Gasteiger partial charge on any atom is -0.488 e. The number of halogens is 2. The Labute approximate surface area is 173 Å². The van der Waals surface area contributed by atoms with E-state index in [1.54, 1.807) is 0 Å². The molecule has 0 saturated heterocycles. The minimum atomic E-state index is 0. The third-order valence-electron chi connectivity index (χ3n) is 4.54. The maximum absolute atomic E-state index is 6.26. The van der Waals surface area contributed by atoms with E-state index in [1.807, 2.05) is 24.3 Å². The molecule has 0 unspecified atom stereocenters. The van der Waals surface area contributed by atoms with Crippen LogP contribution in [0.25, 0.3) is 10.8 Å². The summed E-state index contributed by atoms with van der Waals surface area (Å²) >= 11 is 6.26. The lowest BCUT2D eigenvalue weighted by Gasteiger charge is -2.16. The van der Waals surface area contributed by atoms with Crippen molar-refractivity contribution in [1.82, 2.24) is 5.32 Å². The van der Waals surface area contributed by atoms with Crippen molar-refractivity contribution >= 4 is 34.8 Å². The summed E-state index contributed by atoms with van der Waals surface area (Å²) in [7, 11) is 0. The summed E-state index contributed by atoms with van der Waals surface area (Å²) in [5.41, 5.74) is 2.21. The summed E-state index contributed by atoms with van der Waals surface area (Å²) in [6.45, 7) is 6.77. The first-order valence-electron chi connectivity index (χ1n) is 9.22. The van der Waals surface area contributed by atoms with Gasteiger partial charge in [-0.25, -0.2) is 0 Å². The van der Waals surface area contributed by atoms with E-state index in [4.69, 9.17) is 16.3 Å². The van der Waals surface area contributed by atoms with E-state index in [-0.39, 0.29) is 12.4 Å². The Morgan fingerprint density at radius 3 is 2.48 bits per heavy atom. The van der Waals surface area contributed by atoms with E-state index in [0.29, 0.717) is 12.5 Å². The molecule has 0 saturated carbocycles. The summed E-state index contributed by atoms with van der Waals surface area (Å²) in [6.07, 6.45) is 1.17. The third kappa shape index (κ3) is 5.87. The summed E-state index contributed by atoms with van der Waals surface area (Å²) < 4.78 is 6.17. The minimum absolute atomic E-state index is 0. The Bertz CT molecular complexity index is 864. The zero-order valence-electron chi connectivity index (χ0n) is 15.9. The summed E-state index contributed by atoms with van der Waals surface area (Å²) in [6, 6.07) is 20.5. The molecule has 0 heterocycles. The van der Waals surface area contributed by atoms with Crippen molar-refractivity contribution in [2.45, 2.75) is 33.4 Å². The van der Waals surface area contributed by atoms with Crippen molar-refractivity contribution in [1.29, 1.82) is 0 Å². The number of ether oxygens (including phenoxy) is 1. The second-order valence-electron chi connectivity index (χ2n) is 7.00. The van der Waals surface area contributed by atoms with Crippen molar-refractivity contribution in [3.05, 3.63) is 76.8 Å². The molecular weight excluding hydrogens is 377 g/mol. The van der Waals surface area contributed by atoms with Crippen LogP contribution in [0.15, 0.2) is 60.7 Å². The van der Waals surface area contributed by atoms with Crippen molar-refractivity contribution in [2.75, 3.05) is 6.54 Å². The van der Waals surface area contributed by atoms with Crippen LogP contribution >= 0.6 is 24.0 Å². The molecule has 0 fully saturated rings. The largest absolute Gasteiger partial charge is 0.488 e. The highest BCUT2D eigenvalue weighted by Crippen LogP contribution is 2.29. The van der Waals surface area contributed by atoms with E-state index in [0.717, 1.165) is 29.4 Å². The number of benzene rings is 3. The molecule has 0 atom stereocenters. The zero-order chi connectivity index (χ0) is 18.4. The van der Waals surface area contributed by atoms with Gasteiger partial charge >= 0.3 is 0 Å². The first kappa shape index (κ1) is 21.6. The molecule has 0 aliphatic heterocycles. The van der Waals surface area contributed by atoms with Gasteiger partial charge in [-0.05, 0) is 41.8 Å². The van der Waals surface area contributed by atoms with Crippen LogP contribution < -0.4 is 10.1 Å². The van der Waals surface area contributed by atoms with Crippen LogP contribution in [0.4, 0.5) is 0 Å². The lowest BCUT2D eigenvalue weighted by Crippen LogP contribution is -2.17. The lowest BCUT2D eigenvalue weighted by atomic mass is 10.0. The molecule has 0 amide bonds. The second kappa shape index (κ2) is 10.6. The highest BCUT2D eigenvalue weighted by Gasteiger charge is 2.10. The molecule has 27 heavy (non-hydrogen) atoms. The number of hydrogen-bond donors (Lipinski definition) is 1. The van der Waals surface area contributed by atoms with Gasteiger partial charge in [-0.1, -0.05) is 74.0 Å². The molecule has 1 N–H and O–H groups in total. The Kier molecular flexibility index (Phi) is 8.43. The van der Waals surface area contributed by atoms with Crippen molar-refractivity contribution in [3.8, 4) is 5.75 Å². The topological polar surface area (TPSA) is 21.3 Å². The van der Waals surface area contributed by atoms with Crippen LogP contribution in [-0.2, 0) is 13.2 Å². The van der Waals surface area contributed by atoms with Crippen LogP contribution in [0.1, 0.15) is 31.4 Å². The Hall–Kier alpha value is -1.74. The van der Waals surface area contributed by atoms with Crippen molar-refractivity contribution in [3.63, 3.8) is 0 Å². The van der Waals surface area contributed by atoms with Gasteiger partial charge in [0.05, 0.1) is 0 Å². The van der Waals surface area contributed by atoms with E-state index < -0.39 is 0 Å². The van der Waals surface area contributed by atoms with Crippen LogP contribution in [0.3, 0.4) is 0 Å². The quantitative estimate of drug-likeness (QED) is 0.426. The van der Waals surface area contributed by atoms with Crippen LogP contribution in [0, 0.1) is 5.92 Å². The van der Waals surface area contributed by atoms with Gasteiger partial charge in [0.25, 0.3) is 0 Å². The first-order chi connectivity index (χ1) is 12.6. The van der Waals surface area contributed by atoms with Gasteiger partial charge in [0.1, 0.15) is 12.4 Å². The molecule has 3 rings (SSSR count). The molecule has 3 aromatic carbocycles. The monoisotopic (exact) mass is 403 g/mol. The third-order valence-corrected chi connectivity index (χ3v) is 4.91. The Morgan fingerprint density at radius 1 is 0.963 bits per heavy atom. The highest BCUT2D eigenvalue weighted by atomic mass is 35.5. The fraction of sp³-hybridized carbons (Fsp3) is 0.304. The second-order valence-corrected chi connectivity index (χ2v) is 7.41. The SMILES string of the molecule is CC(C)CCNCc1c(OCc2ccccc2Cl)ccc2ccccc12.Cl. The van der Waals surface area contributed by atoms with E-state index in [2.05, 4.69) is 55.6 Å². The van der Waals surface area contributed by atoms with Gasteiger partial charge < -0.3 is 10.1 Å². The molecular formula is C23H27Cl2NO. The first-order valence-corrected chi connectivity index (χ1v) is 9.60. The number of hydrogen-bond acceptors (Lipinski definition) is 2. The standard InChI is InChI=1S/C23H26ClNO.ClH/c1-17(2)13-14-25-15-21-20-9-5-3-7-18(20)11-12-23(21)26-16-19-8-4-6-10-22(19)24;/h3-12,17,25H,13-16H2,1-2H3;1H. The summed E-state index contributed by atoms with van der Waals surface area (Å²) in [5.74, 6) is 1.62. The van der Waals surface area contributed by atoms with Gasteiger partial charge in [0.15, 0.2) is 0 Å². The smallest absolute Gasteiger partial charge is 0.124 e. The van der Waals surface area contributed by atoms with E-state index >= 15 is 0 Å². The zero-order valence-corrected chi connectivity index (χ0v) is 17.4. The van der Waals surface area contributed by atoms with E-state index in [9.17, 15) is 0 Å². The van der Waals surface area contributed by atoms with Crippen LogP contribution in [-0.4, -0.2) is 6.54 Å². The van der Waals surface area contributed by atoms with Gasteiger partial charge in [-0.3, -0.25) is 0 Å². The lowest BCUT2D eigenvalue weighted by molar-refractivity contribution is 0.302. The van der Waals surface area contributed by atoms with Crippen LogP contribution in [0.2, 0.25) is 5.02 Å². The fourth-order valence-electron chi connectivity index (χ4n) is 3.01. The predicted molar refractivity (Wildman–Crippen MR) is 118 cm³/mol. The molecule has 0 radical (unpaired) electrons. The number of fused-ring (bicyclic) bond motifs is 1. The Balaban J connectivity index is 0.00000261. The number of nitrogens with one attached hydrogen (secondary N) is 1. The molecule has 144 valence electrons. The molecule has 4 heteroatoms. The summed E-state index contributed by atoms with van der Waals surface area (Å²) in [4.78, 5) is 0. The van der Waals surface area contributed by atoms with Gasteiger partial charge in [-0.15, -0.1) is 12.4 Å². The normalized spacial score (nSPS) is 10.8. The maximum Gasteiger partial charge on any atom is 0.124 e. The van der Waals surface area contributed by atoms with Crippen molar-refractivity contribution < 1.29 is 4.74 Å². The Morgan fingerprint density at radius 2 is 1.70 bits per heavy atom. The highest BCUT2D eigenvalue weighted by molar-refractivity contribution is 6.31. The maximum atomic E-state index is 6.26. The van der Waals surface area contributed by atoms with Crippen molar-refractivity contribution in [2.24, 2.45) is 5.92 Å². The van der Waals surface area contributed by atoms with E-state index in [1.165, 1.54) is 22.8 Å². The summed E-state index contributed by atoms with van der Waals surface area (Å²) in [5, 5.41) is 6.78. The average molecular weight is 404 g/mol. The molecule has 0 spiro atoms. The molecule has 0 bridgehead atoms.